The van der Waals surface area contributed by atoms with Gasteiger partial charge in [-0.15, -0.1) is 0 Å². The summed E-state index contributed by atoms with van der Waals surface area (Å²) in [6, 6.07) is 0. The Balaban J connectivity index is 0. The van der Waals surface area contributed by atoms with Gasteiger partial charge in [0.25, 0.3) is 0 Å². The van der Waals surface area contributed by atoms with E-state index in [0.29, 0.717) is 6.42 Å². The van der Waals surface area contributed by atoms with Crippen LogP contribution >= 0.6 is 23.0 Å². The van der Waals surface area contributed by atoms with E-state index in [4.69, 9.17) is 0 Å². The molecule has 0 atom stereocenters. The monoisotopic (exact) mass is 452 g/mol. The zero-order valence-electron chi connectivity index (χ0n) is 14.0. The molecule has 4 heteroatoms. The van der Waals surface area contributed by atoms with Crippen molar-refractivity contribution in [1.82, 2.24) is 0 Å². The van der Waals surface area contributed by atoms with Crippen molar-refractivity contribution in [3.05, 3.63) is 0 Å². The fourth-order valence-electron chi connectivity index (χ4n) is 2.68. The molecule has 0 bridgehead atoms. The molecule has 0 spiro atoms. The first-order valence-corrected chi connectivity index (χ1v) is 10.0. The summed E-state index contributed by atoms with van der Waals surface area (Å²) in [7, 11) is 0. The number of carbonyl (C=O) groups excluding carboxylic acids is 1. The van der Waals surface area contributed by atoms with E-state index >= 15 is 0 Å². The van der Waals surface area contributed by atoms with Gasteiger partial charge in [-0.1, -0.05) is 96.8 Å². The fourth-order valence-corrected chi connectivity index (χ4v) is 2.90. The molecule has 0 aliphatic rings. The molecule has 0 saturated carbocycles. The summed E-state index contributed by atoms with van der Waals surface area (Å²) < 4.78 is 4.60. The molecule has 0 fully saturated rings. The van der Waals surface area contributed by atoms with Crippen LogP contribution in [0, 0.1) is 0 Å². The molecule has 0 saturated heterocycles. The molecule has 0 N–H and O–H groups in total. The predicted octanol–water partition coefficient (Wildman–Crippen LogP) is 6.22. The standard InChI is InChI=1S/C18H35IO2.Ca.2H/c1-2-3-4-5-6-7-8-9-10-11-12-13-14-15-16-17-18(20)21-19;;;/h2-17H2,1H3;;;. The van der Waals surface area contributed by atoms with Crippen LogP contribution in [0.15, 0.2) is 0 Å². The first kappa shape index (κ1) is 25.7. The van der Waals surface area contributed by atoms with Crippen molar-refractivity contribution < 1.29 is 7.86 Å². The Labute approximate surface area is 182 Å². The SMILES string of the molecule is CCCCCCCCCCCCCCCCCC(=O)OI.[CaH2]. The summed E-state index contributed by atoms with van der Waals surface area (Å²) in [6.07, 6.45) is 20.9. The summed E-state index contributed by atoms with van der Waals surface area (Å²) in [6.45, 7) is 2.28. The third-order valence-electron chi connectivity index (χ3n) is 4.07. The second-order valence-electron chi connectivity index (χ2n) is 6.15. The van der Waals surface area contributed by atoms with E-state index < -0.39 is 0 Å². The summed E-state index contributed by atoms with van der Waals surface area (Å²) in [5.41, 5.74) is 0. The van der Waals surface area contributed by atoms with Gasteiger partial charge in [-0.3, -0.25) is 4.79 Å². The van der Waals surface area contributed by atoms with Crippen LogP contribution in [0.2, 0.25) is 0 Å². The Morgan fingerprint density at radius 3 is 1.32 bits per heavy atom. The van der Waals surface area contributed by atoms with Crippen molar-refractivity contribution in [3.8, 4) is 0 Å². The number of halogens is 1. The quantitative estimate of drug-likeness (QED) is 0.158. The summed E-state index contributed by atoms with van der Waals surface area (Å²) in [5.74, 6) is -0.0784. The van der Waals surface area contributed by atoms with Crippen LogP contribution in [0.3, 0.4) is 0 Å². The van der Waals surface area contributed by atoms with Gasteiger partial charge in [-0.05, 0) is 6.42 Å². The zero-order valence-corrected chi connectivity index (χ0v) is 16.2. The Hall–Kier alpha value is 1.46. The van der Waals surface area contributed by atoms with Crippen LogP contribution < -0.4 is 0 Å². The van der Waals surface area contributed by atoms with E-state index in [2.05, 4.69) is 9.99 Å². The third kappa shape index (κ3) is 21.5. The molecule has 0 aromatic carbocycles. The maximum absolute atomic E-state index is 10.9. The van der Waals surface area contributed by atoms with Crippen molar-refractivity contribution in [1.29, 1.82) is 0 Å². The second-order valence-corrected chi connectivity index (χ2v) is 6.59. The minimum absolute atomic E-state index is 0. The third-order valence-corrected chi connectivity index (χ3v) is 4.56. The van der Waals surface area contributed by atoms with Crippen LogP contribution in [-0.2, 0) is 7.86 Å². The van der Waals surface area contributed by atoms with Crippen LogP contribution in [0.25, 0.3) is 0 Å². The second kappa shape index (κ2) is 22.5. The van der Waals surface area contributed by atoms with Gasteiger partial charge in [0.2, 0.25) is 0 Å². The number of hydrogen-bond donors (Lipinski definition) is 0. The normalized spacial score (nSPS) is 10.3. The molecule has 0 radical (unpaired) electrons. The zero-order chi connectivity index (χ0) is 15.6. The predicted molar refractivity (Wildman–Crippen MR) is 108 cm³/mol. The van der Waals surface area contributed by atoms with Gasteiger partial charge in [0.1, 0.15) is 0 Å². The molecule has 0 amide bonds. The van der Waals surface area contributed by atoms with Gasteiger partial charge < -0.3 is 3.07 Å². The molecule has 0 aliphatic carbocycles. The first-order chi connectivity index (χ1) is 10.3. The molecule has 2 nitrogen and oxygen atoms in total. The first-order valence-electron chi connectivity index (χ1n) is 9.12. The summed E-state index contributed by atoms with van der Waals surface area (Å²) >= 11 is 1.66. The Morgan fingerprint density at radius 2 is 1.00 bits per heavy atom. The van der Waals surface area contributed by atoms with Crippen molar-refractivity contribution in [2.75, 3.05) is 0 Å². The van der Waals surface area contributed by atoms with Crippen molar-refractivity contribution >= 4 is 66.7 Å². The van der Waals surface area contributed by atoms with Gasteiger partial charge in [0.15, 0.2) is 23.0 Å². The molecule has 0 rings (SSSR count). The van der Waals surface area contributed by atoms with E-state index in [9.17, 15) is 4.79 Å². The van der Waals surface area contributed by atoms with Crippen LogP contribution in [0.1, 0.15) is 110 Å². The number of carbonyl (C=O) groups is 1. The summed E-state index contributed by atoms with van der Waals surface area (Å²) in [4.78, 5) is 10.9. The van der Waals surface area contributed by atoms with Gasteiger partial charge >= 0.3 is 43.7 Å². The van der Waals surface area contributed by atoms with E-state index in [0.717, 1.165) is 6.42 Å². The molecule has 0 heterocycles. The van der Waals surface area contributed by atoms with Gasteiger partial charge in [-0.2, -0.15) is 0 Å². The van der Waals surface area contributed by atoms with E-state index in [1.165, 1.54) is 89.9 Å². The Kier molecular flexibility index (Phi) is 26.2. The molecule has 0 aromatic heterocycles. The van der Waals surface area contributed by atoms with Crippen molar-refractivity contribution in [2.45, 2.75) is 110 Å². The van der Waals surface area contributed by atoms with Gasteiger partial charge in [0.05, 0.1) is 0 Å². The Morgan fingerprint density at radius 1 is 0.682 bits per heavy atom. The van der Waals surface area contributed by atoms with E-state index in [1.807, 2.05) is 0 Å². The Bertz CT molecular complexity index is 225. The summed E-state index contributed by atoms with van der Waals surface area (Å²) in [5, 5.41) is 0. The van der Waals surface area contributed by atoms with Gasteiger partial charge in [0, 0.05) is 6.42 Å². The molecule has 22 heavy (non-hydrogen) atoms. The number of hydrogen-bond acceptors (Lipinski definition) is 2. The van der Waals surface area contributed by atoms with Crippen molar-refractivity contribution in [3.63, 3.8) is 0 Å². The maximum atomic E-state index is 10.9. The van der Waals surface area contributed by atoms with E-state index in [-0.39, 0.29) is 43.7 Å². The topological polar surface area (TPSA) is 26.3 Å². The average molecular weight is 452 g/mol. The van der Waals surface area contributed by atoms with E-state index in [1.54, 1.807) is 23.0 Å². The average Bonchev–Trinajstić information content (AvgIpc) is 2.50. The van der Waals surface area contributed by atoms with Crippen LogP contribution in [-0.4, -0.2) is 43.7 Å². The van der Waals surface area contributed by atoms with Gasteiger partial charge in [-0.25, -0.2) is 0 Å². The molecule has 130 valence electrons. The minimum atomic E-state index is -0.0784. The molecule has 0 aliphatic heterocycles. The molecular formula is C18H37CaIO2. The molecule has 0 aromatic rings. The molecular weight excluding hydrogens is 415 g/mol. The number of rotatable bonds is 16. The van der Waals surface area contributed by atoms with Crippen LogP contribution in [0.4, 0.5) is 0 Å². The molecule has 0 unspecified atom stereocenters. The number of unbranched alkanes of at least 4 members (excludes halogenated alkanes) is 14. The fraction of sp³-hybridized carbons (Fsp3) is 0.944. The van der Waals surface area contributed by atoms with Crippen LogP contribution in [0.5, 0.6) is 0 Å². The van der Waals surface area contributed by atoms with Crippen molar-refractivity contribution in [2.24, 2.45) is 0 Å².